The van der Waals surface area contributed by atoms with Crippen molar-refractivity contribution in [1.82, 2.24) is 15.2 Å². The molecule has 4 amide bonds. The fourth-order valence-corrected chi connectivity index (χ4v) is 3.53. The monoisotopic (exact) mass is 394 g/mol. The van der Waals surface area contributed by atoms with Crippen LogP contribution >= 0.6 is 0 Å². The van der Waals surface area contributed by atoms with Gasteiger partial charge >= 0.3 is 6.03 Å². The van der Waals surface area contributed by atoms with Crippen LogP contribution in [0.1, 0.15) is 43.2 Å². The van der Waals surface area contributed by atoms with Gasteiger partial charge in [-0.1, -0.05) is 29.8 Å². The van der Waals surface area contributed by atoms with Crippen molar-refractivity contribution in [3.63, 3.8) is 0 Å². The molecule has 2 aliphatic heterocycles. The molecule has 0 radical (unpaired) electrons. The lowest BCUT2D eigenvalue weighted by atomic mass is 10.0. The number of hydrogen-bond acceptors (Lipinski definition) is 5. The van der Waals surface area contributed by atoms with E-state index >= 15 is 0 Å². The minimum Gasteiger partial charge on any atom is -0.467 e. The molecule has 1 saturated heterocycles. The maximum atomic E-state index is 13.0. The first-order valence-corrected chi connectivity index (χ1v) is 9.40. The molecule has 2 aliphatic rings. The molecule has 2 aromatic rings. The maximum absolute atomic E-state index is 13.0. The van der Waals surface area contributed by atoms with Gasteiger partial charge in [-0.15, -0.1) is 0 Å². The maximum Gasteiger partial charge on any atom is 0.325 e. The molecule has 1 aromatic heterocycles. The number of benzene rings is 1. The fourth-order valence-electron chi connectivity index (χ4n) is 3.53. The Bertz CT molecular complexity index is 992. The fraction of sp³-hybridized carbons (Fsp3) is 0.333. The van der Waals surface area contributed by atoms with Gasteiger partial charge in [-0.25, -0.2) is 9.80 Å². The molecule has 1 aromatic carbocycles. The number of carbonyl (C=O) groups is 3. The Kier molecular flexibility index (Phi) is 4.49. The van der Waals surface area contributed by atoms with Gasteiger partial charge in [0.1, 0.15) is 23.9 Å². The van der Waals surface area contributed by atoms with Crippen LogP contribution in [0.4, 0.5) is 4.79 Å². The van der Waals surface area contributed by atoms with Crippen LogP contribution in [-0.2, 0) is 9.59 Å². The quantitative estimate of drug-likeness (QED) is 0.807. The van der Waals surface area contributed by atoms with Crippen molar-refractivity contribution in [2.75, 3.05) is 6.54 Å². The van der Waals surface area contributed by atoms with Crippen LogP contribution in [0, 0.1) is 6.92 Å². The minimum atomic E-state index is -1.03. The number of aryl methyl sites for hydroxylation is 1. The van der Waals surface area contributed by atoms with Crippen LogP contribution in [0.15, 0.2) is 52.2 Å². The first kappa shape index (κ1) is 18.9. The minimum absolute atomic E-state index is 0.379. The lowest BCUT2D eigenvalue weighted by Crippen LogP contribution is -2.43. The van der Waals surface area contributed by atoms with Crippen LogP contribution in [0.5, 0.6) is 0 Å². The number of hydrogen-bond donors (Lipinski definition) is 1. The van der Waals surface area contributed by atoms with Crippen molar-refractivity contribution in [1.29, 1.82) is 0 Å². The smallest absolute Gasteiger partial charge is 0.325 e. The number of amides is 4. The van der Waals surface area contributed by atoms with Crippen molar-refractivity contribution in [2.45, 2.75) is 38.8 Å². The molecule has 8 heteroatoms. The number of furan rings is 1. The molecular formula is C21H22N4O4. The van der Waals surface area contributed by atoms with Gasteiger partial charge in [0, 0.05) is 6.42 Å². The lowest BCUT2D eigenvalue weighted by molar-refractivity contribution is -0.139. The van der Waals surface area contributed by atoms with Gasteiger partial charge in [-0.2, -0.15) is 5.10 Å². The number of imide groups is 1. The van der Waals surface area contributed by atoms with Crippen LogP contribution in [0.3, 0.4) is 0 Å². The highest BCUT2D eigenvalue weighted by Gasteiger charge is 2.46. The number of nitrogens with zero attached hydrogens (tertiary/aromatic N) is 3. The van der Waals surface area contributed by atoms with E-state index in [1.807, 2.05) is 31.2 Å². The molecule has 0 aliphatic carbocycles. The van der Waals surface area contributed by atoms with E-state index < -0.39 is 29.4 Å². The summed E-state index contributed by atoms with van der Waals surface area (Å²) >= 11 is 0. The summed E-state index contributed by atoms with van der Waals surface area (Å²) in [7, 11) is 0. The SMILES string of the molecule is Cc1ccc(C2=NN(C(=O)CN3C(=O)NC(C)(C)C3=O)C(c3ccco3)C2)cc1. The lowest BCUT2D eigenvalue weighted by Gasteiger charge is -2.22. The van der Waals surface area contributed by atoms with Crippen molar-refractivity contribution >= 4 is 23.6 Å². The molecule has 1 fully saturated rings. The molecule has 0 bridgehead atoms. The van der Waals surface area contributed by atoms with Crippen molar-refractivity contribution in [3.05, 3.63) is 59.5 Å². The Morgan fingerprint density at radius 1 is 1.24 bits per heavy atom. The van der Waals surface area contributed by atoms with Gasteiger partial charge in [-0.3, -0.25) is 14.5 Å². The Morgan fingerprint density at radius 2 is 1.97 bits per heavy atom. The van der Waals surface area contributed by atoms with Crippen LogP contribution < -0.4 is 5.32 Å². The average Bonchev–Trinajstić information content (AvgIpc) is 3.38. The van der Waals surface area contributed by atoms with Crippen molar-refractivity contribution < 1.29 is 18.8 Å². The summed E-state index contributed by atoms with van der Waals surface area (Å²) in [6.45, 7) is 4.83. The van der Waals surface area contributed by atoms with Crippen LogP contribution in [0.2, 0.25) is 0 Å². The largest absolute Gasteiger partial charge is 0.467 e. The number of urea groups is 1. The Balaban J connectivity index is 1.61. The van der Waals surface area contributed by atoms with E-state index in [-0.39, 0.29) is 6.54 Å². The number of carbonyl (C=O) groups excluding carboxylic acids is 3. The Morgan fingerprint density at radius 3 is 2.55 bits per heavy atom. The zero-order valence-corrected chi connectivity index (χ0v) is 16.5. The first-order valence-electron chi connectivity index (χ1n) is 9.40. The second-order valence-corrected chi connectivity index (χ2v) is 7.83. The molecule has 29 heavy (non-hydrogen) atoms. The molecule has 8 nitrogen and oxygen atoms in total. The number of hydrazone groups is 1. The molecular weight excluding hydrogens is 372 g/mol. The molecule has 3 heterocycles. The molecule has 4 rings (SSSR count). The third-order valence-corrected chi connectivity index (χ3v) is 5.16. The Hall–Kier alpha value is -3.42. The van der Waals surface area contributed by atoms with E-state index in [1.54, 1.807) is 32.2 Å². The van der Waals surface area contributed by atoms with Gasteiger partial charge in [-0.05, 0) is 38.5 Å². The van der Waals surface area contributed by atoms with Crippen molar-refractivity contribution in [3.8, 4) is 0 Å². The van der Waals surface area contributed by atoms with Crippen LogP contribution in [-0.4, -0.2) is 45.5 Å². The second kappa shape index (κ2) is 6.88. The average molecular weight is 394 g/mol. The molecule has 1 atom stereocenters. The van der Waals surface area contributed by atoms with E-state index in [2.05, 4.69) is 10.4 Å². The molecule has 1 unspecified atom stereocenters. The van der Waals surface area contributed by atoms with E-state index in [4.69, 9.17) is 4.42 Å². The summed E-state index contributed by atoms with van der Waals surface area (Å²) < 4.78 is 5.52. The normalized spacial score (nSPS) is 20.8. The summed E-state index contributed by atoms with van der Waals surface area (Å²) in [6, 6.07) is 10.4. The molecule has 150 valence electrons. The van der Waals surface area contributed by atoms with E-state index in [1.165, 1.54) is 5.01 Å². The highest BCUT2D eigenvalue weighted by Crippen LogP contribution is 2.33. The number of nitrogens with one attached hydrogen (secondary N) is 1. The highest BCUT2D eigenvalue weighted by atomic mass is 16.3. The zero-order chi connectivity index (χ0) is 20.8. The van der Waals surface area contributed by atoms with Crippen LogP contribution in [0.25, 0.3) is 0 Å². The van der Waals surface area contributed by atoms with E-state index in [0.717, 1.165) is 21.7 Å². The van der Waals surface area contributed by atoms with Gasteiger partial charge in [0.25, 0.3) is 11.8 Å². The third kappa shape index (κ3) is 3.41. The first-order chi connectivity index (χ1) is 13.8. The molecule has 0 saturated carbocycles. The Labute approximate surface area is 168 Å². The topological polar surface area (TPSA) is 95.2 Å². The predicted octanol–water partition coefficient (Wildman–Crippen LogP) is 2.60. The van der Waals surface area contributed by atoms with E-state index in [9.17, 15) is 14.4 Å². The highest BCUT2D eigenvalue weighted by molar-refractivity contribution is 6.09. The summed E-state index contributed by atoms with van der Waals surface area (Å²) in [5, 5.41) is 8.42. The van der Waals surface area contributed by atoms with Gasteiger partial charge in [0.15, 0.2) is 0 Å². The standard InChI is InChI=1S/C21H22N4O4/c1-13-6-8-14(9-7-13)15-11-16(17-5-4-10-29-17)25(23-15)18(26)12-24-19(27)21(2,3)22-20(24)28/h4-10,16H,11-12H2,1-3H3,(H,22,28). The van der Waals surface area contributed by atoms with Gasteiger partial charge < -0.3 is 9.73 Å². The summed E-state index contributed by atoms with van der Waals surface area (Å²) in [6.07, 6.45) is 2.02. The predicted molar refractivity (Wildman–Crippen MR) is 105 cm³/mol. The second-order valence-electron chi connectivity index (χ2n) is 7.83. The summed E-state index contributed by atoms with van der Waals surface area (Å²) in [5.41, 5.74) is 1.76. The van der Waals surface area contributed by atoms with Gasteiger partial charge in [0.05, 0.1) is 12.0 Å². The molecule has 0 spiro atoms. The third-order valence-electron chi connectivity index (χ3n) is 5.16. The van der Waals surface area contributed by atoms with Gasteiger partial charge in [0.2, 0.25) is 0 Å². The molecule has 1 N–H and O–H groups in total. The zero-order valence-electron chi connectivity index (χ0n) is 16.5. The number of rotatable bonds is 4. The van der Waals surface area contributed by atoms with Crippen molar-refractivity contribution in [2.24, 2.45) is 5.10 Å². The summed E-state index contributed by atoms with van der Waals surface area (Å²) in [4.78, 5) is 38.6. The van der Waals surface area contributed by atoms with E-state index in [0.29, 0.717) is 12.2 Å². The summed E-state index contributed by atoms with van der Waals surface area (Å²) in [5.74, 6) is -0.288.